The number of piperidine rings is 1. The molecule has 0 unspecified atom stereocenters. The topological polar surface area (TPSA) is 79.5 Å². The number of hydrogen-bond acceptors (Lipinski definition) is 6. The molecule has 0 bridgehead atoms. The summed E-state index contributed by atoms with van der Waals surface area (Å²) in [4.78, 5) is 19.6. The molecule has 0 radical (unpaired) electrons. The highest BCUT2D eigenvalue weighted by Crippen LogP contribution is 2.35. The molecule has 0 spiro atoms. The fourth-order valence-corrected chi connectivity index (χ4v) is 5.80. The standard InChI is InChI=1S/C24H18Cl2IN3O3S/c25-17-3-1-14(9-18(17)26)20-11-22(33-29-20)21-12-34-23(28-21)13-5-7-30(8-6-13)24(32)16-10-15(31)2-4-19(16)27/h1-4,9-13,31H,5-8H2. The van der Waals surface area contributed by atoms with Gasteiger partial charge in [0.1, 0.15) is 17.1 Å². The van der Waals surface area contributed by atoms with Gasteiger partial charge < -0.3 is 14.5 Å². The predicted molar refractivity (Wildman–Crippen MR) is 142 cm³/mol. The summed E-state index contributed by atoms with van der Waals surface area (Å²) < 4.78 is 6.37. The molecule has 1 N–H and O–H groups in total. The Morgan fingerprint density at radius 3 is 2.65 bits per heavy atom. The van der Waals surface area contributed by atoms with Crippen molar-refractivity contribution >= 4 is 63.0 Å². The van der Waals surface area contributed by atoms with Crippen molar-refractivity contribution in [1.82, 2.24) is 15.0 Å². The van der Waals surface area contributed by atoms with Gasteiger partial charge in [-0.1, -0.05) is 34.4 Å². The molecule has 1 saturated heterocycles. The molecule has 1 aliphatic heterocycles. The Morgan fingerprint density at radius 2 is 1.88 bits per heavy atom. The van der Waals surface area contributed by atoms with Crippen LogP contribution in [-0.2, 0) is 0 Å². The maximum atomic E-state index is 12.9. The summed E-state index contributed by atoms with van der Waals surface area (Å²) in [6.45, 7) is 1.29. The highest BCUT2D eigenvalue weighted by Gasteiger charge is 2.28. The molecule has 1 fully saturated rings. The van der Waals surface area contributed by atoms with Gasteiger partial charge in [-0.25, -0.2) is 4.98 Å². The van der Waals surface area contributed by atoms with Gasteiger partial charge in [-0.05, 0) is 65.8 Å². The number of nitrogens with zero attached hydrogens (tertiary/aromatic N) is 3. The zero-order chi connectivity index (χ0) is 23.8. The van der Waals surface area contributed by atoms with Crippen LogP contribution in [0.3, 0.4) is 0 Å². The molecule has 6 nitrogen and oxygen atoms in total. The summed E-state index contributed by atoms with van der Waals surface area (Å²) in [7, 11) is 0. The third-order valence-corrected chi connectivity index (χ3v) is 8.50. The summed E-state index contributed by atoms with van der Waals surface area (Å²) in [5, 5.41) is 17.9. The second-order valence-electron chi connectivity index (χ2n) is 8.01. The Morgan fingerprint density at radius 1 is 1.09 bits per heavy atom. The van der Waals surface area contributed by atoms with Crippen LogP contribution in [0.15, 0.2) is 52.4 Å². The number of likely N-dealkylation sites (tertiary alicyclic amines) is 1. The summed E-state index contributed by atoms with van der Waals surface area (Å²) in [6.07, 6.45) is 1.66. The second kappa shape index (κ2) is 9.85. The zero-order valence-electron chi connectivity index (χ0n) is 17.7. The van der Waals surface area contributed by atoms with Crippen molar-refractivity contribution in [3.8, 4) is 28.5 Å². The first-order chi connectivity index (χ1) is 16.4. The normalized spacial score (nSPS) is 14.5. The maximum Gasteiger partial charge on any atom is 0.255 e. The van der Waals surface area contributed by atoms with Crippen LogP contribution in [0.25, 0.3) is 22.7 Å². The average molecular weight is 626 g/mol. The fraction of sp³-hybridized carbons (Fsp3) is 0.208. The number of benzene rings is 2. The van der Waals surface area contributed by atoms with Crippen LogP contribution >= 0.6 is 57.1 Å². The fourth-order valence-electron chi connectivity index (χ4n) is 3.95. The van der Waals surface area contributed by atoms with E-state index in [-0.39, 0.29) is 17.6 Å². The van der Waals surface area contributed by atoms with Crippen LogP contribution < -0.4 is 0 Å². The van der Waals surface area contributed by atoms with E-state index in [2.05, 4.69) is 27.7 Å². The summed E-state index contributed by atoms with van der Waals surface area (Å²) in [5.74, 6) is 0.928. The average Bonchev–Trinajstić information content (AvgIpc) is 3.52. The van der Waals surface area contributed by atoms with E-state index >= 15 is 0 Å². The molecule has 4 aromatic rings. The number of aromatic hydroxyl groups is 1. The van der Waals surface area contributed by atoms with Crippen molar-refractivity contribution < 1.29 is 14.4 Å². The van der Waals surface area contributed by atoms with E-state index in [4.69, 9.17) is 32.7 Å². The van der Waals surface area contributed by atoms with Crippen LogP contribution in [0.4, 0.5) is 0 Å². The van der Waals surface area contributed by atoms with Crippen LogP contribution in [0.1, 0.15) is 34.1 Å². The number of amides is 1. The predicted octanol–water partition coefficient (Wildman–Crippen LogP) is 7.10. The van der Waals surface area contributed by atoms with Crippen molar-refractivity contribution in [3.05, 3.63) is 72.0 Å². The number of thiazole rings is 1. The third kappa shape index (κ3) is 4.82. The van der Waals surface area contributed by atoms with Crippen molar-refractivity contribution in [3.63, 3.8) is 0 Å². The van der Waals surface area contributed by atoms with E-state index < -0.39 is 0 Å². The molecule has 10 heteroatoms. The number of hydrogen-bond donors (Lipinski definition) is 1. The molecule has 2 aromatic heterocycles. The van der Waals surface area contributed by atoms with Gasteiger partial charge in [0.05, 0.1) is 20.6 Å². The van der Waals surface area contributed by atoms with Gasteiger partial charge in [-0.2, -0.15) is 0 Å². The molecule has 3 heterocycles. The van der Waals surface area contributed by atoms with Crippen molar-refractivity contribution in [2.75, 3.05) is 13.1 Å². The summed E-state index contributed by atoms with van der Waals surface area (Å²) in [6, 6.07) is 12.0. The first-order valence-electron chi connectivity index (χ1n) is 10.5. The Kier molecular flexibility index (Phi) is 6.83. The van der Waals surface area contributed by atoms with Crippen LogP contribution in [0.2, 0.25) is 10.0 Å². The molecule has 1 aliphatic rings. The number of aromatic nitrogens is 2. The number of rotatable bonds is 4. The number of carbonyl (C=O) groups excluding carboxylic acids is 1. The Hall–Kier alpha value is -2.14. The molecule has 0 saturated carbocycles. The number of carbonyl (C=O) groups is 1. The van der Waals surface area contributed by atoms with Crippen LogP contribution in [-0.4, -0.2) is 39.1 Å². The summed E-state index contributed by atoms with van der Waals surface area (Å²) >= 11 is 15.8. The molecular formula is C24H18Cl2IN3O3S. The lowest BCUT2D eigenvalue weighted by molar-refractivity contribution is 0.0711. The lowest BCUT2D eigenvalue weighted by Crippen LogP contribution is -2.38. The van der Waals surface area contributed by atoms with Gasteiger partial charge in [0.25, 0.3) is 5.91 Å². The van der Waals surface area contributed by atoms with E-state index in [0.717, 1.165) is 32.7 Å². The molecule has 0 atom stereocenters. The van der Waals surface area contributed by atoms with Crippen LogP contribution in [0.5, 0.6) is 5.75 Å². The van der Waals surface area contributed by atoms with Crippen LogP contribution in [0, 0.1) is 3.57 Å². The summed E-state index contributed by atoms with van der Waals surface area (Å²) in [5.41, 5.74) is 2.76. The number of halogens is 3. The van der Waals surface area contributed by atoms with Gasteiger partial charge in [0.15, 0.2) is 5.76 Å². The molecule has 0 aliphatic carbocycles. The molecule has 1 amide bonds. The lowest BCUT2D eigenvalue weighted by atomic mass is 9.97. The van der Waals surface area contributed by atoms with Crippen molar-refractivity contribution in [1.29, 1.82) is 0 Å². The maximum absolute atomic E-state index is 12.9. The minimum atomic E-state index is -0.0462. The highest BCUT2D eigenvalue weighted by atomic mass is 127. The van der Waals surface area contributed by atoms with E-state index in [1.807, 2.05) is 22.4 Å². The minimum absolute atomic E-state index is 0.0462. The largest absolute Gasteiger partial charge is 0.508 e. The number of phenols is 1. The lowest BCUT2D eigenvalue weighted by Gasteiger charge is -2.31. The second-order valence-corrected chi connectivity index (χ2v) is 10.9. The quantitative estimate of drug-likeness (QED) is 0.245. The Bertz CT molecular complexity index is 1370. The molecular weight excluding hydrogens is 608 g/mol. The van der Waals surface area contributed by atoms with Gasteiger partial charge in [-0.3, -0.25) is 4.79 Å². The number of phenolic OH excluding ortho intramolecular Hbond substituents is 1. The Balaban J connectivity index is 1.25. The van der Waals surface area contributed by atoms with E-state index in [1.54, 1.807) is 35.6 Å². The SMILES string of the molecule is O=C(c1cc(O)ccc1I)N1CCC(c2nc(-c3cc(-c4ccc(Cl)c(Cl)c4)no3)cs2)CC1. The first-order valence-corrected chi connectivity index (χ1v) is 13.3. The van der Waals surface area contributed by atoms with Gasteiger partial charge in [-0.15, -0.1) is 11.3 Å². The van der Waals surface area contributed by atoms with Crippen molar-refractivity contribution in [2.45, 2.75) is 18.8 Å². The highest BCUT2D eigenvalue weighted by molar-refractivity contribution is 14.1. The van der Waals surface area contributed by atoms with Crippen molar-refractivity contribution in [2.24, 2.45) is 0 Å². The zero-order valence-corrected chi connectivity index (χ0v) is 22.2. The molecule has 2 aromatic carbocycles. The first kappa shape index (κ1) is 23.6. The van der Waals surface area contributed by atoms with Gasteiger partial charge >= 0.3 is 0 Å². The smallest absolute Gasteiger partial charge is 0.255 e. The molecule has 5 rings (SSSR count). The van der Waals surface area contributed by atoms with E-state index in [9.17, 15) is 9.90 Å². The Labute approximate surface area is 223 Å². The minimum Gasteiger partial charge on any atom is -0.508 e. The van der Waals surface area contributed by atoms with Gasteiger partial charge in [0, 0.05) is 39.6 Å². The monoisotopic (exact) mass is 625 g/mol. The van der Waals surface area contributed by atoms with E-state index in [0.29, 0.717) is 40.2 Å². The van der Waals surface area contributed by atoms with E-state index in [1.165, 1.54) is 6.07 Å². The molecule has 174 valence electrons. The van der Waals surface area contributed by atoms with Gasteiger partial charge in [0.2, 0.25) is 0 Å². The molecule has 34 heavy (non-hydrogen) atoms. The third-order valence-electron chi connectivity index (χ3n) is 5.81.